The quantitative estimate of drug-likeness (QED) is 0.378. The number of methoxy groups -OCH3 is 1. The lowest BCUT2D eigenvalue weighted by atomic mass is 9.88. The van der Waals surface area contributed by atoms with Gasteiger partial charge in [0.25, 0.3) is 0 Å². The first-order chi connectivity index (χ1) is 15.6. The first-order valence-corrected chi connectivity index (χ1v) is 11.0. The molecule has 1 aliphatic rings. The molecule has 32 heavy (non-hydrogen) atoms. The van der Waals surface area contributed by atoms with Crippen LogP contribution in [-0.4, -0.2) is 32.5 Å². The fourth-order valence-corrected chi connectivity index (χ4v) is 4.13. The van der Waals surface area contributed by atoms with E-state index in [4.69, 9.17) is 21.1 Å². The number of ether oxygens (including phenoxy) is 3. The number of halogens is 1. The zero-order valence-electron chi connectivity index (χ0n) is 17.9. The number of carbonyl (C=O) groups excluding carboxylic acids is 1. The van der Waals surface area contributed by atoms with E-state index in [-0.39, 0.29) is 6.10 Å². The summed E-state index contributed by atoms with van der Waals surface area (Å²) in [5.41, 5.74) is 4.12. The predicted molar refractivity (Wildman–Crippen MR) is 125 cm³/mol. The minimum absolute atomic E-state index is 0.0961. The normalized spacial score (nSPS) is 18.2. The van der Waals surface area contributed by atoms with E-state index in [2.05, 4.69) is 22.2 Å². The molecule has 2 atom stereocenters. The van der Waals surface area contributed by atoms with Crippen LogP contribution >= 0.6 is 11.6 Å². The summed E-state index contributed by atoms with van der Waals surface area (Å²) in [4.78, 5) is 11.5. The number of benzene rings is 3. The highest BCUT2D eigenvalue weighted by molar-refractivity contribution is 6.30. The van der Waals surface area contributed by atoms with Gasteiger partial charge in [-0.2, -0.15) is 0 Å². The highest BCUT2D eigenvalue weighted by atomic mass is 35.5. The molecule has 0 aromatic heterocycles. The smallest absolute Gasteiger partial charge is 0.437 e. The van der Waals surface area contributed by atoms with Gasteiger partial charge in [0.1, 0.15) is 5.75 Å². The van der Waals surface area contributed by atoms with Crippen molar-refractivity contribution in [3.05, 3.63) is 88.9 Å². The van der Waals surface area contributed by atoms with Crippen molar-refractivity contribution < 1.29 is 19.0 Å². The fourth-order valence-electron chi connectivity index (χ4n) is 4.01. The van der Waals surface area contributed by atoms with E-state index in [0.717, 1.165) is 41.2 Å². The van der Waals surface area contributed by atoms with Crippen molar-refractivity contribution in [2.45, 2.75) is 25.0 Å². The summed E-state index contributed by atoms with van der Waals surface area (Å²) in [6.45, 7) is 2.33. The first kappa shape index (κ1) is 22.3. The molecule has 0 aliphatic carbocycles. The van der Waals surface area contributed by atoms with Crippen LogP contribution in [0.3, 0.4) is 0 Å². The summed E-state index contributed by atoms with van der Waals surface area (Å²) >= 11 is 6.05. The Bertz CT molecular complexity index is 1040. The summed E-state index contributed by atoms with van der Waals surface area (Å²) in [6.07, 6.45) is 0.389. The molecule has 0 bridgehead atoms. The maximum atomic E-state index is 11.5. The molecule has 0 saturated carbocycles. The molecule has 4 rings (SSSR count). The molecule has 1 heterocycles. The van der Waals surface area contributed by atoms with Crippen molar-refractivity contribution >= 4 is 17.8 Å². The summed E-state index contributed by atoms with van der Waals surface area (Å²) in [5.74, 6) is 0.803. The van der Waals surface area contributed by atoms with Crippen molar-refractivity contribution in [3.63, 3.8) is 0 Å². The number of nitrogens with one attached hydrogen (secondary N) is 1. The van der Waals surface area contributed by atoms with E-state index >= 15 is 0 Å². The maximum Gasteiger partial charge on any atom is 0.513 e. The standard InChI is InChI=1S/C26H26ClNO4/c1-30-26(29)32-24-5-3-2-4-22(24)19-8-6-18(7-9-19)17-31-25-16-28-15-14-23(25)20-10-12-21(27)13-11-20/h2-13,23,25,28H,14-17H2,1H3. The maximum absolute atomic E-state index is 11.5. The van der Waals surface area contributed by atoms with Crippen LogP contribution in [0.15, 0.2) is 72.8 Å². The van der Waals surface area contributed by atoms with Gasteiger partial charge >= 0.3 is 6.16 Å². The van der Waals surface area contributed by atoms with E-state index in [1.807, 2.05) is 54.6 Å². The SMILES string of the molecule is COC(=O)Oc1ccccc1-c1ccc(COC2CNCCC2c2ccc(Cl)cc2)cc1. The fraction of sp³-hybridized carbons (Fsp3) is 0.269. The topological polar surface area (TPSA) is 56.8 Å². The molecule has 3 aromatic carbocycles. The molecule has 2 unspecified atom stereocenters. The number of para-hydroxylation sites is 1. The number of carbonyl (C=O) groups is 1. The molecular weight excluding hydrogens is 426 g/mol. The van der Waals surface area contributed by atoms with Crippen LogP contribution in [0.25, 0.3) is 11.1 Å². The van der Waals surface area contributed by atoms with Crippen LogP contribution in [0.1, 0.15) is 23.5 Å². The van der Waals surface area contributed by atoms with E-state index in [9.17, 15) is 4.79 Å². The third kappa shape index (κ3) is 5.49. The minimum Gasteiger partial charge on any atom is -0.437 e. The van der Waals surface area contributed by atoms with Gasteiger partial charge in [-0.3, -0.25) is 0 Å². The summed E-state index contributed by atoms with van der Waals surface area (Å²) in [6, 6.07) is 23.5. The van der Waals surface area contributed by atoms with Crippen LogP contribution in [-0.2, 0) is 16.1 Å². The molecule has 1 aliphatic heterocycles. The average molecular weight is 452 g/mol. The Morgan fingerprint density at radius 1 is 1.03 bits per heavy atom. The van der Waals surface area contributed by atoms with Crippen LogP contribution < -0.4 is 10.1 Å². The highest BCUT2D eigenvalue weighted by Gasteiger charge is 2.27. The Kier molecular flexibility index (Phi) is 7.43. The Balaban J connectivity index is 1.43. The van der Waals surface area contributed by atoms with Crippen molar-refractivity contribution in [2.75, 3.05) is 20.2 Å². The number of piperidine rings is 1. The van der Waals surface area contributed by atoms with Crippen LogP contribution in [0, 0.1) is 0 Å². The van der Waals surface area contributed by atoms with Gasteiger partial charge in [0.15, 0.2) is 0 Å². The second kappa shape index (κ2) is 10.6. The first-order valence-electron chi connectivity index (χ1n) is 10.7. The van der Waals surface area contributed by atoms with Crippen LogP contribution in [0.2, 0.25) is 5.02 Å². The predicted octanol–water partition coefficient (Wildman–Crippen LogP) is 5.81. The second-order valence-electron chi connectivity index (χ2n) is 7.75. The third-order valence-corrected chi connectivity index (χ3v) is 5.95. The molecule has 5 nitrogen and oxygen atoms in total. The summed E-state index contributed by atoms with van der Waals surface area (Å²) in [5, 5.41) is 4.19. The average Bonchev–Trinajstić information content (AvgIpc) is 2.84. The minimum atomic E-state index is -0.737. The van der Waals surface area contributed by atoms with Crippen LogP contribution in [0.4, 0.5) is 4.79 Å². The van der Waals surface area contributed by atoms with Gasteiger partial charge in [-0.15, -0.1) is 0 Å². The van der Waals surface area contributed by atoms with Gasteiger partial charge in [0.2, 0.25) is 0 Å². The molecule has 1 N–H and O–H groups in total. The van der Waals surface area contributed by atoms with Gasteiger partial charge in [0, 0.05) is 23.0 Å². The number of hydrogen-bond donors (Lipinski definition) is 1. The molecule has 0 amide bonds. The van der Waals surface area contributed by atoms with Gasteiger partial charge in [-0.25, -0.2) is 4.79 Å². The Morgan fingerprint density at radius 3 is 2.53 bits per heavy atom. The molecule has 1 fully saturated rings. The van der Waals surface area contributed by atoms with Gasteiger partial charge < -0.3 is 19.5 Å². The molecule has 3 aromatic rings. The summed E-state index contributed by atoms with van der Waals surface area (Å²) in [7, 11) is 1.29. The van der Waals surface area contributed by atoms with Crippen molar-refractivity contribution in [3.8, 4) is 16.9 Å². The Hall–Kier alpha value is -2.86. The lowest BCUT2D eigenvalue weighted by molar-refractivity contribution is 0.0106. The third-order valence-electron chi connectivity index (χ3n) is 5.70. The lowest BCUT2D eigenvalue weighted by Gasteiger charge is -2.32. The van der Waals surface area contributed by atoms with E-state index in [1.165, 1.54) is 12.7 Å². The molecule has 1 saturated heterocycles. The van der Waals surface area contributed by atoms with E-state index in [0.29, 0.717) is 18.3 Å². The van der Waals surface area contributed by atoms with E-state index in [1.54, 1.807) is 6.07 Å². The molecule has 0 radical (unpaired) electrons. The highest BCUT2D eigenvalue weighted by Crippen LogP contribution is 2.31. The van der Waals surface area contributed by atoms with Crippen molar-refractivity contribution in [1.82, 2.24) is 5.32 Å². The molecule has 0 spiro atoms. The Morgan fingerprint density at radius 2 is 1.78 bits per heavy atom. The van der Waals surface area contributed by atoms with E-state index < -0.39 is 6.16 Å². The van der Waals surface area contributed by atoms with Crippen molar-refractivity contribution in [2.24, 2.45) is 0 Å². The monoisotopic (exact) mass is 451 g/mol. The van der Waals surface area contributed by atoms with Crippen LogP contribution in [0.5, 0.6) is 5.75 Å². The number of rotatable bonds is 6. The van der Waals surface area contributed by atoms with Gasteiger partial charge in [-0.1, -0.05) is 66.2 Å². The van der Waals surface area contributed by atoms with Gasteiger partial charge in [-0.05, 0) is 47.9 Å². The molecular formula is C26H26ClNO4. The lowest BCUT2D eigenvalue weighted by Crippen LogP contribution is -2.40. The zero-order chi connectivity index (χ0) is 22.3. The van der Waals surface area contributed by atoms with Gasteiger partial charge in [0.05, 0.1) is 19.8 Å². The van der Waals surface area contributed by atoms with Crippen molar-refractivity contribution in [1.29, 1.82) is 0 Å². The largest absolute Gasteiger partial charge is 0.513 e. The molecule has 166 valence electrons. The molecule has 6 heteroatoms. The Labute approximate surface area is 193 Å². The summed E-state index contributed by atoms with van der Waals surface area (Å²) < 4.78 is 16.2. The second-order valence-corrected chi connectivity index (χ2v) is 8.19. The zero-order valence-corrected chi connectivity index (χ0v) is 18.7. The number of hydrogen-bond acceptors (Lipinski definition) is 5.